The first kappa shape index (κ1) is 26.3. The number of benzene rings is 5. The van der Waals surface area contributed by atoms with Crippen LogP contribution in [0.2, 0.25) is 0 Å². The van der Waals surface area contributed by atoms with Crippen molar-refractivity contribution in [1.29, 1.82) is 0 Å². The molecule has 5 aromatic rings. The molecule has 0 spiro atoms. The van der Waals surface area contributed by atoms with E-state index < -0.39 is 0 Å². The summed E-state index contributed by atoms with van der Waals surface area (Å²) in [5.41, 5.74) is 4.79. The maximum Gasteiger partial charge on any atom is 0.275 e. The molecule has 196 valence electrons. The first-order chi connectivity index (χ1) is 19.1. The van der Waals surface area contributed by atoms with Gasteiger partial charge in [0.1, 0.15) is 12.4 Å². The summed E-state index contributed by atoms with van der Waals surface area (Å²) in [6.45, 7) is 2.78. The van der Waals surface area contributed by atoms with Gasteiger partial charge in [-0.05, 0) is 85.9 Å². The molecule has 1 amide bonds. The van der Waals surface area contributed by atoms with Crippen molar-refractivity contribution in [2.75, 3.05) is 13.7 Å². The minimum atomic E-state index is -0.367. The van der Waals surface area contributed by atoms with Crippen LogP contribution in [-0.2, 0) is 6.61 Å². The van der Waals surface area contributed by atoms with E-state index in [-0.39, 0.29) is 5.91 Å². The largest absolute Gasteiger partial charge is 0.496 e. The van der Waals surface area contributed by atoms with Gasteiger partial charge in [0.05, 0.1) is 30.0 Å². The van der Waals surface area contributed by atoms with Crippen LogP contribution in [0.1, 0.15) is 28.4 Å². The maximum absolute atomic E-state index is 12.9. The summed E-state index contributed by atoms with van der Waals surface area (Å²) in [6.07, 6.45) is 1.56. The maximum atomic E-state index is 12.9. The summed E-state index contributed by atoms with van der Waals surface area (Å²) >= 11 is 3.61. The topological polar surface area (TPSA) is 69.2 Å². The predicted molar refractivity (Wildman–Crippen MR) is 159 cm³/mol. The minimum absolute atomic E-state index is 0.367. The number of rotatable bonds is 9. The van der Waals surface area contributed by atoms with Gasteiger partial charge in [0.25, 0.3) is 5.91 Å². The molecular formula is C32H27BrN2O4. The van der Waals surface area contributed by atoms with Crippen molar-refractivity contribution < 1.29 is 19.0 Å². The molecule has 0 saturated heterocycles. The number of nitrogens with zero attached hydrogens (tertiary/aromatic N) is 1. The van der Waals surface area contributed by atoms with Crippen LogP contribution in [0.3, 0.4) is 0 Å². The molecule has 6 nitrogen and oxygen atoms in total. The molecule has 5 aromatic carbocycles. The molecule has 0 aliphatic rings. The van der Waals surface area contributed by atoms with Crippen LogP contribution >= 0.6 is 15.9 Å². The van der Waals surface area contributed by atoms with Crippen molar-refractivity contribution >= 4 is 49.6 Å². The molecule has 0 atom stereocenters. The fourth-order valence-corrected chi connectivity index (χ4v) is 4.92. The zero-order valence-corrected chi connectivity index (χ0v) is 23.2. The molecule has 0 heterocycles. The lowest BCUT2D eigenvalue weighted by Crippen LogP contribution is -2.18. The lowest BCUT2D eigenvalue weighted by atomic mass is 10.1. The van der Waals surface area contributed by atoms with E-state index in [4.69, 9.17) is 14.2 Å². The number of methoxy groups -OCH3 is 1. The summed E-state index contributed by atoms with van der Waals surface area (Å²) in [5, 5.41) is 8.46. The summed E-state index contributed by atoms with van der Waals surface area (Å²) in [7, 11) is 1.54. The van der Waals surface area contributed by atoms with E-state index in [2.05, 4.69) is 56.8 Å². The van der Waals surface area contributed by atoms with Gasteiger partial charge < -0.3 is 14.2 Å². The quantitative estimate of drug-likeness (QED) is 0.144. The van der Waals surface area contributed by atoms with Gasteiger partial charge in [-0.15, -0.1) is 0 Å². The molecule has 0 bridgehead atoms. The third kappa shape index (κ3) is 6.04. The van der Waals surface area contributed by atoms with Gasteiger partial charge in [0.15, 0.2) is 11.5 Å². The Morgan fingerprint density at radius 2 is 1.54 bits per heavy atom. The van der Waals surface area contributed by atoms with Gasteiger partial charge in [-0.3, -0.25) is 4.79 Å². The Labute approximate surface area is 235 Å². The van der Waals surface area contributed by atoms with E-state index in [1.807, 2.05) is 61.5 Å². The first-order valence-corrected chi connectivity index (χ1v) is 13.3. The second-order valence-electron chi connectivity index (χ2n) is 8.83. The lowest BCUT2D eigenvalue weighted by molar-refractivity contribution is 0.0952. The van der Waals surface area contributed by atoms with Crippen molar-refractivity contribution in [2.45, 2.75) is 13.5 Å². The zero-order chi connectivity index (χ0) is 27.2. The summed E-state index contributed by atoms with van der Waals surface area (Å²) in [4.78, 5) is 12.9. The Morgan fingerprint density at radius 1 is 0.846 bits per heavy atom. The highest BCUT2D eigenvalue weighted by Gasteiger charge is 2.15. The van der Waals surface area contributed by atoms with E-state index in [0.717, 1.165) is 31.8 Å². The SMILES string of the molecule is CCOc1cc(/C=N\NC(=O)c2cc3ccccc3cc2OC)cc(Br)c1OCc1ccc2ccccc2c1. The molecule has 0 fully saturated rings. The zero-order valence-electron chi connectivity index (χ0n) is 21.6. The third-order valence-corrected chi connectivity index (χ3v) is 6.81. The number of carbonyl (C=O) groups excluding carboxylic acids is 1. The molecule has 1 N–H and O–H groups in total. The lowest BCUT2D eigenvalue weighted by Gasteiger charge is -2.15. The molecule has 0 radical (unpaired) electrons. The van der Waals surface area contributed by atoms with Crippen molar-refractivity contribution in [2.24, 2.45) is 5.10 Å². The van der Waals surface area contributed by atoms with Crippen LogP contribution in [0, 0.1) is 0 Å². The van der Waals surface area contributed by atoms with E-state index in [0.29, 0.717) is 36.0 Å². The first-order valence-electron chi connectivity index (χ1n) is 12.5. The van der Waals surface area contributed by atoms with Crippen molar-refractivity contribution in [3.63, 3.8) is 0 Å². The van der Waals surface area contributed by atoms with Gasteiger partial charge in [-0.1, -0.05) is 60.7 Å². The van der Waals surface area contributed by atoms with Crippen molar-refractivity contribution in [1.82, 2.24) is 5.43 Å². The van der Waals surface area contributed by atoms with Gasteiger partial charge >= 0.3 is 0 Å². The van der Waals surface area contributed by atoms with Gasteiger partial charge in [-0.25, -0.2) is 5.43 Å². The number of halogens is 1. The van der Waals surface area contributed by atoms with Crippen LogP contribution in [0.15, 0.2) is 101 Å². The molecular weight excluding hydrogens is 556 g/mol. The number of carbonyl (C=O) groups is 1. The van der Waals surface area contributed by atoms with Crippen molar-refractivity contribution in [3.05, 3.63) is 112 Å². The number of fused-ring (bicyclic) bond motifs is 2. The third-order valence-electron chi connectivity index (χ3n) is 6.22. The highest BCUT2D eigenvalue weighted by molar-refractivity contribution is 9.10. The number of ether oxygens (including phenoxy) is 3. The molecule has 0 aliphatic carbocycles. The highest BCUT2D eigenvalue weighted by atomic mass is 79.9. The van der Waals surface area contributed by atoms with E-state index in [1.165, 1.54) is 5.39 Å². The molecule has 0 aromatic heterocycles. The van der Waals surface area contributed by atoms with Crippen LogP contribution in [-0.4, -0.2) is 25.8 Å². The molecule has 7 heteroatoms. The second kappa shape index (κ2) is 12.0. The number of nitrogens with one attached hydrogen (secondary N) is 1. The standard InChI is InChI=1S/C32H27BrN2O4/c1-3-38-30-16-22(15-28(33)31(30)39-20-21-12-13-23-8-4-5-9-24(23)14-21)19-34-35-32(36)27-17-25-10-6-7-11-26(25)18-29(27)37-2/h4-19H,3,20H2,1-2H3,(H,35,36)/b34-19-. The van der Waals surface area contributed by atoms with Gasteiger partial charge in [0, 0.05) is 0 Å². The summed E-state index contributed by atoms with van der Waals surface area (Å²) < 4.78 is 18.2. The number of hydrogen-bond acceptors (Lipinski definition) is 5. The Bertz CT molecular complexity index is 1680. The minimum Gasteiger partial charge on any atom is -0.496 e. The average molecular weight is 583 g/mol. The van der Waals surface area contributed by atoms with E-state index in [9.17, 15) is 4.79 Å². The smallest absolute Gasteiger partial charge is 0.275 e. The number of amides is 1. The summed E-state index contributed by atoms with van der Waals surface area (Å²) in [5.74, 6) is 1.30. The van der Waals surface area contributed by atoms with E-state index >= 15 is 0 Å². The fourth-order valence-electron chi connectivity index (χ4n) is 4.34. The fraction of sp³-hybridized carbons (Fsp3) is 0.125. The van der Waals surface area contributed by atoms with Crippen LogP contribution in [0.25, 0.3) is 21.5 Å². The van der Waals surface area contributed by atoms with Gasteiger partial charge in [0.2, 0.25) is 0 Å². The number of hydrazone groups is 1. The predicted octanol–water partition coefficient (Wildman–Crippen LogP) is 7.51. The van der Waals surface area contributed by atoms with Crippen molar-refractivity contribution in [3.8, 4) is 17.2 Å². The molecule has 0 saturated carbocycles. The second-order valence-corrected chi connectivity index (χ2v) is 9.69. The monoisotopic (exact) mass is 582 g/mol. The molecule has 0 unspecified atom stereocenters. The van der Waals surface area contributed by atoms with E-state index in [1.54, 1.807) is 19.4 Å². The Hall–Kier alpha value is -4.36. The summed E-state index contributed by atoms with van der Waals surface area (Å²) in [6, 6.07) is 29.6. The number of hydrogen-bond donors (Lipinski definition) is 1. The Kier molecular flexibility index (Phi) is 8.08. The molecule has 39 heavy (non-hydrogen) atoms. The highest BCUT2D eigenvalue weighted by Crippen LogP contribution is 2.37. The molecule has 5 rings (SSSR count). The van der Waals surface area contributed by atoms with Crippen LogP contribution in [0.5, 0.6) is 17.2 Å². The average Bonchev–Trinajstić information content (AvgIpc) is 2.96. The van der Waals surface area contributed by atoms with Gasteiger partial charge in [-0.2, -0.15) is 5.10 Å². The normalized spacial score (nSPS) is 11.2. The Morgan fingerprint density at radius 3 is 2.26 bits per heavy atom. The van der Waals surface area contributed by atoms with Crippen LogP contribution < -0.4 is 19.6 Å². The Balaban J connectivity index is 1.31. The molecule has 0 aliphatic heterocycles. The van der Waals surface area contributed by atoms with Crippen LogP contribution in [0.4, 0.5) is 0 Å².